The van der Waals surface area contributed by atoms with Crippen LogP contribution in [0, 0.1) is 0 Å². The molecule has 0 aliphatic carbocycles. The largest absolute Gasteiger partial charge is 0.394 e. The maximum atomic E-state index is 11.8. The Hall–Kier alpha value is -1.40. The van der Waals surface area contributed by atoms with Gasteiger partial charge in [-0.1, -0.05) is 0 Å². The Morgan fingerprint density at radius 2 is 2.35 bits per heavy atom. The summed E-state index contributed by atoms with van der Waals surface area (Å²) >= 11 is 0. The smallest absolute Gasteiger partial charge is 0.351 e. The zero-order chi connectivity index (χ0) is 12.4. The third-order valence-electron chi connectivity index (χ3n) is 2.87. The van der Waals surface area contributed by atoms with Gasteiger partial charge in [0.1, 0.15) is 12.0 Å². The number of aliphatic hydroxyl groups excluding tert-OH is 1. The molecule has 6 nitrogen and oxygen atoms in total. The molecule has 94 valence electrons. The predicted octanol–water partition coefficient (Wildman–Crippen LogP) is -0.0208. The average molecular weight is 239 g/mol. The molecular weight excluding hydrogens is 222 g/mol. The molecular formula is C11H17N3O3. The van der Waals surface area contributed by atoms with Crippen LogP contribution in [0.5, 0.6) is 0 Å². The molecule has 0 radical (unpaired) electrons. The summed E-state index contributed by atoms with van der Waals surface area (Å²) in [6.07, 6.45) is 2.72. The number of rotatable bonds is 3. The minimum absolute atomic E-state index is 0.00550. The summed E-state index contributed by atoms with van der Waals surface area (Å²) in [4.78, 5) is 17.5. The fraction of sp³-hybridized carbons (Fsp3) is 0.636. The highest BCUT2D eigenvalue weighted by atomic mass is 16.5. The third-order valence-corrected chi connectivity index (χ3v) is 2.87. The number of hydrogen-bond acceptors (Lipinski definition) is 5. The molecule has 1 saturated heterocycles. The van der Waals surface area contributed by atoms with Crippen molar-refractivity contribution in [1.82, 2.24) is 9.55 Å². The van der Waals surface area contributed by atoms with Crippen molar-refractivity contribution < 1.29 is 9.84 Å². The second-order valence-electron chi connectivity index (χ2n) is 4.34. The number of anilines is 1. The minimum Gasteiger partial charge on any atom is -0.394 e. The van der Waals surface area contributed by atoms with Gasteiger partial charge < -0.3 is 14.7 Å². The van der Waals surface area contributed by atoms with Crippen molar-refractivity contribution in [2.24, 2.45) is 0 Å². The standard InChI is InChI=1S/C11H17N3O3/c1-13(2)9-5-6-14(11(16)12-9)10-4-3-8(7-15)17-10/h5-6,8,10,15H,3-4,7H2,1-2H3. The van der Waals surface area contributed by atoms with Gasteiger partial charge in [-0.25, -0.2) is 4.79 Å². The molecule has 6 heteroatoms. The monoisotopic (exact) mass is 239 g/mol. The first kappa shape index (κ1) is 12.1. The van der Waals surface area contributed by atoms with Crippen LogP contribution in [0.3, 0.4) is 0 Å². The van der Waals surface area contributed by atoms with Crippen LogP contribution in [0.15, 0.2) is 17.1 Å². The van der Waals surface area contributed by atoms with Crippen LogP contribution in [-0.4, -0.2) is 41.5 Å². The molecule has 0 spiro atoms. The average Bonchev–Trinajstić information content (AvgIpc) is 2.77. The predicted molar refractivity (Wildman–Crippen MR) is 63.1 cm³/mol. The Bertz CT molecular complexity index is 444. The molecule has 0 amide bonds. The summed E-state index contributed by atoms with van der Waals surface area (Å²) in [6.45, 7) is -0.00550. The van der Waals surface area contributed by atoms with Crippen LogP contribution in [0.4, 0.5) is 5.82 Å². The van der Waals surface area contributed by atoms with E-state index >= 15 is 0 Å². The van der Waals surface area contributed by atoms with Crippen molar-refractivity contribution in [3.8, 4) is 0 Å². The lowest BCUT2D eigenvalue weighted by Crippen LogP contribution is -2.29. The highest BCUT2D eigenvalue weighted by Gasteiger charge is 2.26. The molecule has 2 atom stereocenters. The number of hydrogen-bond donors (Lipinski definition) is 1. The van der Waals surface area contributed by atoms with Gasteiger partial charge in [0.05, 0.1) is 12.7 Å². The van der Waals surface area contributed by atoms with E-state index in [4.69, 9.17) is 9.84 Å². The molecule has 0 bridgehead atoms. The van der Waals surface area contributed by atoms with Gasteiger partial charge in [0.15, 0.2) is 0 Å². The molecule has 1 N–H and O–H groups in total. The van der Waals surface area contributed by atoms with Crippen molar-refractivity contribution in [1.29, 1.82) is 0 Å². The zero-order valence-electron chi connectivity index (χ0n) is 10.0. The van der Waals surface area contributed by atoms with Crippen molar-refractivity contribution in [2.75, 3.05) is 25.6 Å². The van der Waals surface area contributed by atoms with Crippen molar-refractivity contribution in [3.63, 3.8) is 0 Å². The summed E-state index contributed by atoms with van der Waals surface area (Å²) in [7, 11) is 3.67. The lowest BCUT2D eigenvalue weighted by molar-refractivity contribution is -0.0245. The van der Waals surface area contributed by atoms with Gasteiger partial charge >= 0.3 is 5.69 Å². The Morgan fingerprint density at radius 3 is 2.88 bits per heavy atom. The number of aromatic nitrogens is 2. The summed E-state index contributed by atoms with van der Waals surface area (Å²) in [6, 6.07) is 1.77. The van der Waals surface area contributed by atoms with Crippen LogP contribution < -0.4 is 10.6 Å². The highest BCUT2D eigenvalue weighted by Crippen LogP contribution is 2.26. The maximum Gasteiger partial charge on any atom is 0.351 e. The fourth-order valence-electron chi connectivity index (χ4n) is 1.90. The first-order chi connectivity index (χ1) is 8.11. The van der Waals surface area contributed by atoms with Gasteiger partial charge in [0, 0.05) is 20.3 Å². The van der Waals surface area contributed by atoms with Gasteiger partial charge in [-0.15, -0.1) is 0 Å². The lowest BCUT2D eigenvalue weighted by atomic mass is 10.2. The Morgan fingerprint density at radius 1 is 1.59 bits per heavy atom. The fourth-order valence-corrected chi connectivity index (χ4v) is 1.90. The van der Waals surface area contributed by atoms with Gasteiger partial charge in [-0.2, -0.15) is 4.98 Å². The van der Waals surface area contributed by atoms with E-state index in [1.54, 1.807) is 17.2 Å². The van der Waals surface area contributed by atoms with Crippen LogP contribution in [0.1, 0.15) is 19.1 Å². The molecule has 1 aromatic heterocycles. The minimum atomic E-state index is -0.320. The zero-order valence-corrected chi connectivity index (χ0v) is 10.0. The van der Waals surface area contributed by atoms with E-state index in [1.807, 2.05) is 14.1 Å². The van der Waals surface area contributed by atoms with Crippen LogP contribution >= 0.6 is 0 Å². The molecule has 1 aliphatic heterocycles. The second kappa shape index (κ2) is 4.85. The quantitative estimate of drug-likeness (QED) is 0.803. The number of aliphatic hydroxyl groups is 1. The molecule has 1 fully saturated rings. The van der Waals surface area contributed by atoms with Gasteiger partial charge in [0.2, 0.25) is 0 Å². The summed E-state index contributed by atoms with van der Waals surface area (Å²) < 4.78 is 7.01. The molecule has 2 rings (SSSR count). The highest BCUT2D eigenvalue weighted by molar-refractivity contribution is 5.33. The van der Waals surface area contributed by atoms with E-state index in [9.17, 15) is 4.79 Å². The molecule has 0 saturated carbocycles. The van der Waals surface area contributed by atoms with Crippen LogP contribution in [0.2, 0.25) is 0 Å². The van der Waals surface area contributed by atoms with E-state index in [2.05, 4.69) is 4.98 Å². The molecule has 17 heavy (non-hydrogen) atoms. The first-order valence-corrected chi connectivity index (χ1v) is 5.64. The number of nitrogens with zero attached hydrogens (tertiary/aromatic N) is 3. The Labute approximate surface area is 99.5 Å². The van der Waals surface area contributed by atoms with Crippen molar-refractivity contribution in [3.05, 3.63) is 22.7 Å². The summed E-state index contributed by atoms with van der Waals surface area (Å²) in [5.74, 6) is 0.628. The lowest BCUT2D eigenvalue weighted by Gasteiger charge is -2.16. The van der Waals surface area contributed by atoms with Crippen LogP contribution in [-0.2, 0) is 4.74 Å². The van der Waals surface area contributed by atoms with Crippen molar-refractivity contribution >= 4 is 5.82 Å². The summed E-state index contributed by atoms with van der Waals surface area (Å²) in [5.41, 5.74) is -0.320. The van der Waals surface area contributed by atoms with E-state index in [1.165, 1.54) is 4.57 Å². The molecule has 1 aliphatic rings. The molecule has 2 unspecified atom stereocenters. The van der Waals surface area contributed by atoms with Gasteiger partial charge in [-0.05, 0) is 18.9 Å². The summed E-state index contributed by atoms with van der Waals surface area (Å²) in [5, 5.41) is 8.98. The van der Waals surface area contributed by atoms with Crippen LogP contribution in [0.25, 0.3) is 0 Å². The Balaban J connectivity index is 2.20. The van der Waals surface area contributed by atoms with Gasteiger partial charge in [0.25, 0.3) is 0 Å². The SMILES string of the molecule is CN(C)c1ccn(C2CCC(CO)O2)c(=O)n1. The third kappa shape index (κ3) is 2.48. The second-order valence-corrected chi connectivity index (χ2v) is 4.34. The van der Waals surface area contributed by atoms with E-state index in [0.29, 0.717) is 5.82 Å². The Kier molecular flexibility index (Phi) is 3.44. The molecule has 0 aromatic carbocycles. The first-order valence-electron chi connectivity index (χ1n) is 5.64. The molecule has 2 heterocycles. The molecule has 1 aromatic rings. The van der Waals surface area contributed by atoms with E-state index in [0.717, 1.165) is 12.8 Å². The van der Waals surface area contributed by atoms with Crippen molar-refractivity contribution in [2.45, 2.75) is 25.2 Å². The van der Waals surface area contributed by atoms with E-state index < -0.39 is 0 Å². The topological polar surface area (TPSA) is 67.6 Å². The van der Waals surface area contributed by atoms with Gasteiger partial charge in [-0.3, -0.25) is 4.57 Å². The van der Waals surface area contributed by atoms with E-state index in [-0.39, 0.29) is 24.6 Å². The maximum absolute atomic E-state index is 11.8. The normalized spacial score (nSPS) is 23.9. The number of ether oxygens (including phenoxy) is 1.